The van der Waals surface area contributed by atoms with Crippen molar-refractivity contribution in [3.63, 3.8) is 0 Å². The number of methoxy groups -OCH3 is 2. The van der Waals surface area contributed by atoms with Crippen LogP contribution in [0.3, 0.4) is 0 Å². The number of rotatable bonds is 8. The predicted molar refractivity (Wildman–Crippen MR) is 285 cm³/mol. The summed E-state index contributed by atoms with van der Waals surface area (Å²) in [4.78, 5) is 0. The molecule has 0 bridgehead atoms. The first-order valence-electron chi connectivity index (χ1n) is 23.9. The van der Waals surface area contributed by atoms with Crippen LogP contribution >= 0.6 is 0 Å². The lowest BCUT2D eigenvalue weighted by Crippen LogP contribution is -2.56. The minimum Gasteiger partial charge on any atom is -0.366 e. The van der Waals surface area contributed by atoms with Crippen LogP contribution < -0.4 is 0 Å². The average Bonchev–Trinajstić information content (AvgIpc) is 3.74. The van der Waals surface area contributed by atoms with Gasteiger partial charge in [-0.05, 0) is 147 Å². The fraction of sp³-hybridized carbons (Fsp3) is 0.138. The molecular weight excluding hydrogens is 845 g/mol. The highest BCUT2D eigenvalue weighted by atomic mass is 16.8. The van der Waals surface area contributed by atoms with Crippen molar-refractivity contribution in [2.24, 2.45) is 0 Å². The second-order valence-corrected chi connectivity index (χ2v) is 19.1. The quantitative estimate of drug-likeness (QED) is 0.142. The number of fused-ring (bicyclic) bond motifs is 12. The summed E-state index contributed by atoms with van der Waals surface area (Å²) in [5.41, 5.74) is 1.24. The van der Waals surface area contributed by atoms with E-state index < -0.39 is 29.2 Å². The summed E-state index contributed by atoms with van der Waals surface area (Å²) in [5.74, 6) is -1.12. The normalized spacial score (nSPS) is 16.5. The van der Waals surface area contributed by atoms with Crippen LogP contribution in [-0.4, -0.2) is 32.2 Å². The van der Waals surface area contributed by atoms with Gasteiger partial charge >= 0.3 is 0 Å². The third kappa shape index (κ3) is 6.10. The molecule has 4 nitrogen and oxygen atoms in total. The summed E-state index contributed by atoms with van der Waals surface area (Å²) < 4.78 is 30.7. The van der Waals surface area contributed by atoms with E-state index in [9.17, 15) is 0 Å². The SMILES string of the molecule is COC(c1cc2ccccc2c2ccccc12)(c1cc2ccccc2c2ccccc12)C1OC(C)(C)OC1C(OC)(c1cc2ccccc2c2ccccc12)c1cc2ccccc2c2ccccc12. The largest absolute Gasteiger partial charge is 0.366 e. The zero-order chi connectivity index (χ0) is 46.5. The maximum atomic E-state index is 7.77. The van der Waals surface area contributed by atoms with Crippen molar-refractivity contribution in [3.8, 4) is 0 Å². The molecule has 1 aliphatic heterocycles. The van der Waals surface area contributed by atoms with Crippen LogP contribution in [0.1, 0.15) is 36.1 Å². The van der Waals surface area contributed by atoms with Gasteiger partial charge in [-0.2, -0.15) is 0 Å². The van der Waals surface area contributed by atoms with Crippen LogP contribution in [0, 0.1) is 0 Å². The van der Waals surface area contributed by atoms with Crippen LogP contribution in [0.25, 0.3) is 86.2 Å². The molecule has 1 heterocycles. The maximum absolute atomic E-state index is 7.77. The van der Waals surface area contributed by atoms with E-state index in [2.05, 4.69) is 218 Å². The summed E-state index contributed by atoms with van der Waals surface area (Å²) in [6.07, 6.45) is -1.69. The first-order valence-corrected chi connectivity index (χ1v) is 23.9. The molecule has 0 aliphatic carbocycles. The topological polar surface area (TPSA) is 36.9 Å². The van der Waals surface area contributed by atoms with E-state index in [0.29, 0.717) is 0 Å². The van der Waals surface area contributed by atoms with E-state index in [-0.39, 0.29) is 0 Å². The molecule has 1 fully saturated rings. The lowest BCUT2D eigenvalue weighted by Gasteiger charge is -2.47. The van der Waals surface area contributed by atoms with Gasteiger partial charge in [0, 0.05) is 14.2 Å². The van der Waals surface area contributed by atoms with Gasteiger partial charge < -0.3 is 18.9 Å². The molecule has 0 radical (unpaired) electrons. The lowest BCUT2D eigenvalue weighted by atomic mass is 9.68. The van der Waals surface area contributed by atoms with Crippen molar-refractivity contribution in [1.82, 2.24) is 0 Å². The van der Waals surface area contributed by atoms with Gasteiger partial charge in [0.15, 0.2) is 5.79 Å². The third-order valence-electron chi connectivity index (χ3n) is 15.2. The van der Waals surface area contributed by atoms with Crippen molar-refractivity contribution in [2.75, 3.05) is 14.2 Å². The summed E-state index contributed by atoms with van der Waals surface area (Å²) >= 11 is 0. The molecule has 334 valence electrons. The monoisotopic (exact) mass is 894 g/mol. The molecule has 2 atom stereocenters. The predicted octanol–water partition coefficient (Wildman–Crippen LogP) is 15.9. The van der Waals surface area contributed by atoms with E-state index in [4.69, 9.17) is 18.9 Å². The van der Waals surface area contributed by atoms with Crippen LogP contribution in [0.4, 0.5) is 0 Å². The minimum absolute atomic E-state index is 0.845. The molecule has 0 amide bonds. The Balaban J connectivity index is 1.24. The molecule has 13 rings (SSSR count). The van der Waals surface area contributed by atoms with Crippen LogP contribution in [0.5, 0.6) is 0 Å². The molecule has 0 N–H and O–H groups in total. The average molecular weight is 895 g/mol. The Morgan fingerprint density at radius 2 is 0.507 bits per heavy atom. The standard InChI is InChI=1S/C65H50O4/c1-63(2)68-61(64(66-3,57-37-41-21-5-9-25-45(41)49-29-13-17-33-53(49)57)58-38-42-22-6-10-26-46(42)50-30-14-18-34-54(50)58)62(69-63)65(67-4,59-39-43-23-7-11-27-47(43)51-31-15-19-35-55(51)59)60-40-44-24-8-12-28-48(44)52-32-16-20-36-56(52)60/h5-40,61-62H,1-4H3. The molecule has 0 aromatic heterocycles. The highest BCUT2D eigenvalue weighted by Gasteiger charge is 2.64. The van der Waals surface area contributed by atoms with E-state index >= 15 is 0 Å². The molecule has 2 unspecified atom stereocenters. The fourth-order valence-electron chi connectivity index (χ4n) is 12.4. The number of hydrogen-bond acceptors (Lipinski definition) is 4. The lowest BCUT2D eigenvalue weighted by molar-refractivity contribution is -0.176. The van der Waals surface area contributed by atoms with E-state index in [1.807, 2.05) is 28.1 Å². The Kier molecular flexibility index (Phi) is 9.56. The smallest absolute Gasteiger partial charge is 0.164 e. The Hall–Kier alpha value is -7.44. The van der Waals surface area contributed by atoms with Crippen molar-refractivity contribution < 1.29 is 18.9 Å². The van der Waals surface area contributed by atoms with Crippen LogP contribution in [-0.2, 0) is 30.1 Å². The summed E-state index contributed by atoms with van der Waals surface area (Å²) in [6.45, 7) is 4.07. The molecule has 1 aliphatic rings. The van der Waals surface area contributed by atoms with E-state index in [0.717, 1.165) is 86.9 Å². The summed E-state index contributed by atoms with van der Waals surface area (Å²) in [5, 5.41) is 17.9. The summed E-state index contributed by atoms with van der Waals surface area (Å²) in [6, 6.07) is 78.9. The molecular formula is C65H50O4. The Morgan fingerprint density at radius 3 is 0.739 bits per heavy atom. The first-order chi connectivity index (χ1) is 33.8. The third-order valence-corrected chi connectivity index (χ3v) is 15.2. The van der Waals surface area contributed by atoms with Gasteiger partial charge in [-0.15, -0.1) is 0 Å². The van der Waals surface area contributed by atoms with Gasteiger partial charge in [0.1, 0.15) is 23.4 Å². The van der Waals surface area contributed by atoms with E-state index in [1.54, 1.807) is 0 Å². The minimum atomic E-state index is -1.34. The molecule has 12 aromatic rings. The van der Waals surface area contributed by atoms with Gasteiger partial charge in [-0.1, -0.05) is 194 Å². The maximum Gasteiger partial charge on any atom is 0.164 e. The van der Waals surface area contributed by atoms with Crippen molar-refractivity contribution in [1.29, 1.82) is 0 Å². The van der Waals surface area contributed by atoms with Crippen molar-refractivity contribution >= 4 is 86.2 Å². The highest BCUT2D eigenvalue weighted by molar-refractivity contribution is 6.14. The van der Waals surface area contributed by atoms with Crippen LogP contribution in [0.15, 0.2) is 218 Å². The molecule has 12 aromatic carbocycles. The highest BCUT2D eigenvalue weighted by Crippen LogP contribution is 2.58. The number of benzene rings is 12. The van der Waals surface area contributed by atoms with Crippen LogP contribution in [0.2, 0.25) is 0 Å². The van der Waals surface area contributed by atoms with Gasteiger partial charge in [-0.3, -0.25) is 0 Å². The molecule has 1 saturated heterocycles. The second kappa shape index (κ2) is 15.8. The van der Waals surface area contributed by atoms with Crippen molar-refractivity contribution in [2.45, 2.75) is 43.0 Å². The Labute approximate surface area is 401 Å². The van der Waals surface area contributed by atoms with Gasteiger partial charge in [0.05, 0.1) is 0 Å². The number of hydrogen-bond donors (Lipinski definition) is 0. The molecule has 4 heteroatoms. The van der Waals surface area contributed by atoms with Gasteiger partial charge in [0.25, 0.3) is 0 Å². The Bertz CT molecular complexity index is 3520. The first kappa shape index (κ1) is 41.7. The fourth-order valence-corrected chi connectivity index (χ4v) is 12.4. The molecule has 0 saturated carbocycles. The summed E-state index contributed by atoms with van der Waals surface area (Å²) in [7, 11) is 3.70. The molecule has 69 heavy (non-hydrogen) atoms. The second-order valence-electron chi connectivity index (χ2n) is 19.1. The zero-order valence-corrected chi connectivity index (χ0v) is 39.1. The van der Waals surface area contributed by atoms with E-state index in [1.165, 1.54) is 21.5 Å². The zero-order valence-electron chi connectivity index (χ0n) is 39.1. The number of ether oxygens (including phenoxy) is 4. The van der Waals surface area contributed by atoms with Gasteiger partial charge in [-0.25, -0.2) is 0 Å². The molecule has 0 spiro atoms. The van der Waals surface area contributed by atoms with Gasteiger partial charge in [0.2, 0.25) is 0 Å². The Morgan fingerprint density at radius 1 is 0.304 bits per heavy atom. The van der Waals surface area contributed by atoms with Crippen molar-refractivity contribution in [3.05, 3.63) is 241 Å².